The van der Waals surface area contributed by atoms with Crippen molar-refractivity contribution < 1.29 is 47.9 Å². The SMILES string of the molecule is CC(C)(C)OC(=O)O[C@H]1[C@H](OC(O)OC(C)(C)C)[C@@H](N)OC[C@H]1OC(=O)OC(C)(C)C. The molecule has 1 unspecified atom stereocenters. The maximum Gasteiger partial charge on any atom is 0.509 e. The molecule has 0 aromatic carbocycles. The molecule has 1 saturated heterocycles. The fraction of sp³-hybridized carbons (Fsp3) is 0.900. The van der Waals surface area contributed by atoms with E-state index in [2.05, 4.69) is 0 Å². The van der Waals surface area contributed by atoms with Crippen molar-refractivity contribution in [1.82, 2.24) is 0 Å². The summed E-state index contributed by atoms with van der Waals surface area (Å²) < 4.78 is 37.2. The van der Waals surface area contributed by atoms with Gasteiger partial charge in [0.1, 0.15) is 23.5 Å². The average molecular weight is 452 g/mol. The first-order valence-corrected chi connectivity index (χ1v) is 10.0. The van der Waals surface area contributed by atoms with E-state index < -0.39 is 60.1 Å². The molecule has 1 heterocycles. The van der Waals surface area contributed by atoms with Crippen LogP contribution in [0.2, 0.25) is 0 Å². The normalized spacial score (nSPS) is 26.0. The Morgan fingerprint density at radius 1 is 0.871 bits per heavy atom. The Bertz CT molecular complexity index is 605. The molecule has 1 aliphatic rings. The second-order valence-corrected chi connectivity index (χ2v) is 10.1. The predicted octanol–water partition coefficient (Wildman–Crippen LogP) is 2.42. The number of ether oxygens (including phenoxy) is 7. The zero-order valence-corrected chi connectivity index (χ0v) is 19.8. The molecule has 0 spiro atoms. The maximum atomic E-state index is 12.3. The van der Waals surface area contributed by atoms with E-state index >= 15 is 0 Å². The lowest BCUT2D eigenvalue weighted by atomic mass is 10.0. The van der Waals surface area contributed by atoms with Gasteiger partial charge in [0.05, 0.1) is 12.2 Å². The Labute approximate surface area is 183 Å². The van der Waals surface area contributed by atoms with Crippen LogP contribution in [0.5, 0.6) is 0 Å². The lowest BCUT2D eigenvalue weighted by Crippen LogP contribution is -2.61. The zero-order valence-electron chi connectivity index (χ0n) is 19.8. The minimum Gasteiger partial charge on any atom is -0.429 e. The van der Waals surface area contributed by atoms with E-state index in [0.717, 1.165) is 0 Å². The standard InChI is InChI=1S/C20H37NO10/c1-18(2,3)29-15(22)26-11-10-25-14(21)13(28-17(24)31-20(7,8)9)12(11)27-16(23)30-19(4,5)6/h11-14,17,24H,10,21H2,1-9H3/t11-,12-,13+,14+,17?/m1/s1. The summed E-state index contributed by atoms with van der Waals surface area (Å²) in [6.45, 7) is 13.2. The van der Waals surface area contributed by atoms with Crippen LogP contribution in [0.15, 0.2) is 0 Å². The highest BCUT2D eigenvalue weighted by Crippen LogP contribution is 2.26. The van der Waals surface area contributed by atoms with Crippen molar-refractivity contribution in [2.75, 3.05) is 6.61 Å². The minimum absolute atomic E-state index is 0.204. The molecule has 1 rings (SSSR count). The lowest BCUT2D eigenvalue weighted by molar-refractivity contribution is -0.344. The fourth-order valence-electron chi connectivity index (χ4n) is 2.44. The third-order valence-electron chi connectivity index (χ3n) is 3.45. The summed E-state index contributed by atoms with van der Waals surface area (Å²) in [5.41, 5.74) is 3.57. The second-order valence-electron chi connectivity index (χ2n) is 10.1. The van der Waals surface area contributed by atoms with E-state index in [1.54, 1.807) is 62.3 Å². The third kappa shape index (κ3) is 11.0. The number of carbonyl (C=O) groups excluding carboxylic acids is 2. The molecule has 5 atom stereocenters. The summed E-state index contributed by atoms with van der Waals surface area (Å²) >= 11 is 0. The molecule has 3 N–H and O–H groups in total. The molecule has 0 bridgehead atoms. The number of rotatable bonds is 5. The summed E-state index contributed by atoms with van der Waals surface area (Å²) in [5, 5.41) is 10.2. The Morgan fingerprint density at radius 2 is 1.35 bits per heavy atom. The van der Waals surface area contributed by atoms with E-state index in [4.69, 9.17) is 38.9 Å². The van der Waals surface area contributed by atoms with Gasteiger partial charge in [-0.3, -0.25) is 0 Å². The molecule has 11 heteroatoms. The van der Waals surface area contributed by atoms with Gasteiger partial charge in [0.25, 0.3) is 6.48 Å². The van der Waals surface area contributed by atoms with E-state index in [1.807, 2.05) is 0 Å². The van der Waals surface area contributed by atoms with E-state index in [1.165, 1.54) is 0 Å². The lowest BCUT2D eigenvalue weighted by Gasteiger charge is -2.40. The number of aliphatic hydroxyl groups is 1. The minimum atomic E-state index is -1.72. The molecule has 0 saturated carbocycles. The summed E-state index contributed by atoms with van der Waals surface area (Å²) in [6, 6.07) is 0. The van der Waals surface area contributed by atoms with Crippen molar-refractivity contribution >= 4 is 12.3 Å². The van der Waals surface area contributed by atoms with Gasteiger partial charge in [0, 0.05) is 0 Å². The largest absolute Gasteiger partial charge is 0.509 e. The smallest absolute Gasteiger partial charge is 0.429 e. The van der Waals surface area contributed by atoms with Crippen molar-refractivity contribution in [3.05, 3.63) is 0 Å². The number of carbonyl (C=O) groups is 2. The van der Waals surface area contributed by atoms with Crippen LogP contribution in [-0.2, 0) is 33.2 Å². The molecular weight excluding hydrogens is 414 g/mol. The maximum absolute atomic E-state index is 12.3. The van der Waals surface area contributed by atoms with Gasteiger partial charge < -0.3 is 44.0 Å². The summed E-state index contributed by atoms with van der Waals surface area (Å²) in [5.74, 6) is 0. The molecule has 0 aromatic rings. The molecule has 1 fully saturated rings. The highest BCUT2D eigenvalue weighted by molar-refractivity contribution is 5.62. The first kappa shape index (κ1) is 27.4. The van der Waals surface area contributed by atoms with Crippen LogP contribution in [-0.4, -0.2) is 71.8 Å². The zero-order chi connectivity index (χ0) is 24.2. The molecule has 182 valence electrons. The molecular formula is C20H37NO10. The van der Waals surface area contributed by atoms with Gasteiger partial charge in [-0.1, -0.05) is 0 Å². The van der Waals surface area contributed by atoms with Crippen molar-refractivity contribution in [3.8, 4) is 0 Å². The average Bonchev–Trinajstić information content (AvgIpc) is 2.48. The predicted molar refractivity (Wildman–Crippen MR) is 108 cm³/mol. The van der Waals surface area contributed by atoms with Crippen LogP contribution < -0.4 is 5.73 Å². The van der Waals surface area contributed by atoms with Gasteiger partial charge in [-0.15, -0.1) is 0 Å². The third-order valence-corrected chi connectivity index (χ3v) is 3.45. The quantitative estimate of drug-likeness (QED) is 0.469. The van der Waals surface area contributed by atoms with Crippen LogP contribution in [0.4, 0.5) is 9.59 Å². The molecule has 0 amide bonds. The van der Waals surface area contributed by atoms with Crippen LogP contribution >= 0.6 is 0 Å². The van der Waals surface area contributed by atoms with Crippen molar-refractivity contribution in [2.45, 2.75) is 110 Å². The van der Waals surface area contributed by atoms with Crippen LogP contribution in [0.25, 0.3) is 0 Å². The number of hydrogen-bond acceptors (Lipinski definition) is 11. The number of aliphatic hydroxyl groups excluding tert-OH is 1. The Hall–Kier alpha value is -1.66. The van der Waals surface area contributed by atoms with Crippen molar-refractivity contribution in [3.63, 3.8) is 0 Å². The van der Waals surface area contributed by atoms with Crippen molar-refractivity contribution in [2.24, 2.45) is 5.73 Å². The van der Waals surface area contributed by atoms with Crippen LogP contribution in [0, 0.1) is 0 Å². The summed E-state index contributed by atoms with van der Waals surface area (Å²) in [7, 11) is 0. The monoisotopic (exact) mass is 451 g/mol. The van der Waals surface area contributed by atoms with Crippen molar-refractivity contribution in [1.29, 1.82) is 0 Å². The fourth-order valence-corrected chi connectivity index (χ4v) is 2.44. The second kappa shape index (κ2) is 10.3. The molecule has 0 aliphatic carbocycles. The Morgan fingerprint density at radius 3 is 1.81 bits per heavy atom. The summed E-state index contributed by atoms with van der Waals surface area (Å²) in [6.07, 6.45) is -6.82. The van der Waals surface area contributed by atoms with Gasteiger partial charge in [-0.25, -0.2) is 9.59 Å². The number of hydrogen-bond donors (Lipinski definition) is 2. The van der Waals surface area contributed by atoms with E-state index in [9.17, 15) is 14.7 Å². The Kier molecular flexibility index (Phi) is 9.10. The van der Waals surface area contributed by atoms with E-state index in [0.29, 0.717) is 0 Å². The van der Waals surface area contributed by atoms with Gasteiger partial charge in [0.15, 0.2) is 12.2 Å². The van der Waals surface area contributed by atoms with Gasteiger partial charge in [-0.2, -0.15) is 0 Å². The molecule has 31 heavy (non-hydrogen) atoms. The van der Waals surface area contributed by atoms with Gasteiger partial charge in [0.2, 0.25) is 0 Å². The summed E-state index contributed by atoms with van der Waals surface area (Å²) in [4.78, 5) is 24.5. The van der Waals surface area contributed by atoms with Gasteiger partial charge >= 0.3 is 12.3 Å². The van der Waals surface area contributed by atoms with Crippen LogP contribution in [0.3, 0.4) is 0 Å². The molecule has 0 aromatic heterocycles. The molecule has 1 aliphatic heterocycles. The van der Waals surface area contributed by atoms with E-state index in [-0.39, 0.29) is 6.61 Å². The topological polar surface area (TPSA) is 145 Å². The number of nitrogens with two attached hydrogens (primary N) is 1. The highest BCUT2D eigenvalue weighted by atomic mass is 16.8. The molecule has 0 radical (unpaired) electrons. The van der Waals surface area contributed by atoms with Crippen LogP contribution in [0.1, 0.15) is 62.3 Å². The first-order valence-electron chi connectivity index (χ1n) is 10.0. The Balaban J connectivity index is 3.05. The highest BCUT2D eigenvalue weighted by Gasteiger charge is 2.47. The molecule has 11 nitrogen and oxygen atoms in total. The first-order chi connectivity index (χ1) is 13.9. The van der Waals surface area contributed by atoms with Gasteiger partial charge in [-0.05, 0) is 62.3 Å².